The monoisotopic (exact) mass is 333 g/mol. The molecule has 0 aromatic heterocycles. The first kappa shape index (κ1) is 17.1. The minimum Gasteiger partial charge on any atom is -0.427 e. The van der Waals surface area contributed by atoms with Gasteiger partial charge >= 0.3 is 27.4 Å². The predicted molar refractivity (Wildman–Crippen MR) is 61.3 cm³/mol. The first-order chi connectivity index (χ1) is 9.37. The number of ether oxygens (including phenoxy) is 1. The van der Waals surface area contributed by atoms with Gasteiger partial charge in [-0.15, -0.1) is 0 Å². The summed E-state index contributed by atoms with van der Waals surface area (Å²) in [7, 11) is -6.02. The zero-order valence-electron chi connectivity index (χ0n) is 10.2. The van der Waals surface area contributed by atoms with Crippen LogP contribution in [-0.2, 0) is 14.8 Å². The molecule has 0 spiro atoms. The van der Waals surface area contributed by atoms with E-state index >= 15 is 0 Å². The first-order valence-electron chi connectivity index (χ1n) is 5.12. The van der Waals surface area contributed by atoms with Gasteiger partial charge in [-0.1, -0.05) is 0 Å². The van der Waals surface area contributed by atoms with Gasteiger partial charge in [0.25, 0.3) is 0 Å². The summed E-state index contributed by atoms with van der Waals surface area (Å²) in [6.45, 7) is 1.08. The lowest BCUT2D eigenvalue weighted by molar-refractivity contribution is -0.241. The molecule has 0 saturated carbocycles. The number of carbonyl (C=O) groups is 1. The largest absolute Gasteiger partial charge is 0.471 e. The number of sulfonamides is 1. The molecule has 0 heterocycles. The summed E-state index contributed by atoms with van der Waals surface area (Å²) < 4.78 is 89.5. The van der Waals surface area contributed by atoms with Crippen molar-refractivity contribution in [3.05, 3.63) is 24.3 Å². The fourth-order valence-electron chi connectivity index (χ4n) is 1.13. The quantitative estimate of drug-likeness (QED) is 0.522. The number of nitrogens with one attached hydrogen (secondary N) is 1. The number of rotatable bonds is 4. The Hall–Kier alpha value is -1.91. The Labute approximate surface area is 115 Å². The van der Waals surface area contributed by atoms with Crippen molar-refractivity contribution in [2.75, 3.05) is 4.72 Å². The molecule has 0 aliphatic carbocycles. The van der Waals surface area contributed by atoms with E-state index in [0.717, 1.165) is 35.9 Å². The van der Waals surface area contributed by atoms with Crippen LogP contribution in [0.2, 0.25) is 0 Å². The molecule has 118 valence electrons. The van der Waals surface area contributed by atoms with Gasteiger partial charge in [0, 0.05) is 12.6 Å². The lowest BCUT2D eigenvalue weighted by Crippen LogP contribution is -2.46. The lowest BCUT2D eigenvalue weighted by Gasteiger charge is -2.20. The molecule has 0 aliphatic rings. The third-order valence-electron chi connectivity index (χ3n) is 2.04. The predicted octanol–water partition coefficient (Wildman–Crippen LogP) is 2.51. The highest BCUT2D eigenvalue weighted by molar-refractivity contribution is 7.93. The second-order valence-electron chi connectivity index (χ2n) is 3.74. The van der Waals surface area contributed by atoms with Crippen LogP contribution in [0.1, 0.15) is 6.92 Å². The van der Waals surface area contributed by atoms with Gasteiger partial charge in [0.2, 0.25) is 0 Å². The Morgan fingerprint density at radius 3 is 1.95 bits per heavy atom. The Bertz CT molecular complexity index is 624. The number of esters is 1. The van der Waals surface area contributed by atoms with Crippen LogP contribution >= 0.6 is 0 Å². The number of hydrogen-bond acceptors (Lipinski definition) is 4. The first-order valence-corrected chi connectivity index (χ1v) is 6.60. The van der Waals surface area contributed by atoms with Gasteiger partial charge in [-0.3, -0.25) is 9.52 Å². The summed E-state index contributed by atoms with van der Waals surface area (Å²) >= 11 is 0. The molecule has 0 aliphatic heterocycles. The molecule has 1 rings (SSSR count). The second kappa shape index (κ2) is 5.47. The van der Waals surface area contributed by atoms with Crippen molar-refractivity contribution in [1.29, 1.82) is 0 Å². The Balaban J connectivity index is 2.98. The molecule has 0 atom stereocenters. The maximum absolute atomic E-state index is 12.8. The van der Waals surface area contributed by atoms with Crippen molar-refractivity contribution < 1.29 is 39.9 Å². The summed E-state index contributed by atoms with van der Waals surface area (Å²) in [5.74, 6) is -0.722. The van der Waals surface area contributed by atoms with Gasteiger partial charge in [-0.25, -0.2) is 0 Å². The van der Waals surface area contributed by atoms with Crippen molar-refractivity contribution in [3.63, 3.8) is 0 Å². The molecule has 0 bridgehead atoms. The highest BCUT2D eigenvalue weighted by Crippen LogP contribution is 2.40. The third kappa shape index (κ3) is 3.80. The van der Waals surface area contributed by atoms with Crippen LogP contribution in [0, 0.1) is 0 Å². The van der Waals surface area contributed by atoms with E-state index in [4.69, 9.17) is 0 Å². The van der Waals surface area contributed by atoms with Crippen molar-refractivity contribution in [1.82, 2.24) is 0 Å². The SMILES string of the molecule is CC(=O)Oc1ccc(NS(=O)(=O)C(F)(F)C(F)(F)F)cc1. The molecule has 0 radical (unpaired) electrons. The number of benzene rings is 1. The number of anilines is 1. The molecule has 11 heteroatoms. The van der Waals surface area contributed by atoms with Crippen molar-refractivity contribution >= 4 is 21.7 Å². The van der Waals surface area contributed by atoms with Crippen LogP contribution in [0.15, 0.2) is 24.3 Å². The minimum atomic E-state index is -6.25. The van der Waals surface area contributed by atoms with Gasteiger partial charge in [0.1, 0.15) is 5.75 Å². The maximum atomic E-state index is 12.8. The summed E-state index contributed by atoms with van der Waals surface area (Å²) in [6.07, 6.45) is -6.25. The van der Waals surface area contributed by atoms with Crippen molar-refractivity contribution in [2.45, 2.75) is 18.4 Å². The van der Waals surface area contributed by atoms with Gasteiger partial charge in [0.15, 0.2) is 0 Å². The Morgan fingerprint density at radius 2 is 1.57 bits per heavy atom. The summed E-state index contributed by atoms with van der Waals surface area (Å²) in [5, 5.41) is -5.95. The van der Waals surface area contributed by atoms with Gasteiger partial charge < -0.3 is 4.74 Å². The molecule has 0 unspecified atom stereocenters. The Morgan fingerprint density at radius 1 is 1.10 bits per heavy atom. The average molecular weight is 333 g/mol. The lowest BCUT2D eigenvalue weighted by atomic mass is 10.3. The van der Waals surface area contributed by atoms with Crippen LogP contribution in [0.25, 0.3) is 0 Å². The zero-order valence-corrected chi connectivity index (χ0v) is 11.1. The minimum absolute atomic E-state index is 0.0342. The number of hydrogen-bond donors (Lipinski definition) is 1. The molecular formula is C10H8F5NO4S. The van der Waals surface area contributed by atoms with Crippen molar-refractivity contribution in [3.8, 4) is 5.75 Å². The van der Waals surface area contributed by atoms with Crippen LogP contribution in [-0.4, -0.2) is 25.8 Å². The van der Waals surface area contributed by atoms with Gasteiger partial charge in [-0.05, 0) is 24.3 Å². The third-order valence-corrected chi connectivity index (χ3v) is 3.45. The van der Waals surface area contributed by atoms with E-state index in [1.54, 1.807) is 0 Å². The molecule has 0 amide bonds. The molecule has 21 heavy (non-hydrogen) atoms. The smallest absolute Gasteiger partial charge is 0.427 e. The normalized spacial score (nSPS) is 12.9. The van der Waals surface area contributed by atoms with Crippen LogP contribution in [0.3, 0.4) is 0 Å². The number of alkyl halides is 5. The zero-order chi connectivity index (χ0) is 16.5. The number of carbonyl (C=O) groups excluding carboxylic acids is 1. The average Bonchev–Trinajstić information content (AvgIpc) is 2.29. The molecule has 0 saturated heterocycles. The van der Waals surface area contributed by atoms with Crippen molar-refractivity contribution in [2.24, 2.45) is 0 Å². The van der Waals surface area contributed by atoms with E-state index in [2.05, 4.69) is 4.74 Å². The molecular weight excluding hydrogens is 325 g/mol. The summed E-state index contributed by atoms with van der Waals surface area (Å²) in [5.41, 5.74) is -0.546. The maximum Gasteiger partial charge on any atom is 0.471 e. The highest BCUT2D eigenvalue weighted by Gasteiger charge is 2.67. The van der Waals surface area contributed by atoms with E-state index < -0.39 is 33.1 Å². The van der Waals surface area contributed by atoms with E-state index in [1.807, 2.05) is 0 Å². The van der Waals surface area contributed by atoms with Crippen LogP contribution < -0.4 is 9.46 Å². The van der Waals surface area contributed by atoms with E-state index in [0.29, 0.717) is 0 Å². The number of halogens is 5. The van der Waals surface area contributed by atoms with Crippen LogP contribution in [0.4, 0.5) is 27.6 Å². The van der Waals surface area contributed by atoms with E-state index in [-0.39, 0.29) is 5.75 Å². The molecule has 1 aromatic carbocycles. The molecule has 5 nitrogen and oxygen atoms in total. The second-order valence-corrected chi connectivity index (χ2v) is 5.46. The topological polar surface area (TPSA) is 72.5 Å². The highest BCUT2D eigenvalue weighted by atomic mass is 32.2. The summed E-state index contributed by atoms with van der Waals surface area (Å²) in [6, 6.07) is 3.76. The molecule has 1 N–H and O–H groups in total. The van der Waals surface area contributed by atoms with E-state index in [1.165, 1.54) is 0 Å². The van der Waals surface area contributed by atoms with Gasteiger partial charge in [0.05, 0.1) is 0 Å². The Kier molecular flexibility index (Phi) is 4.46. The van der Waals surface area contributed by atoms with Crippen LogP contribution in [0.5, 0.6) is 5.75 Å². The summed E-state index contributed by atoms with van der Waals surface area (Å²) in [4.78, 5) is 10.6. The standard InChI is InChI=1S/C10H8F5NO4S/c1-6(17)20-8-4-2-7(3-5-8)16-21(18,19)10(14,15)9(11,12)13/h2-5,16H,1H3. The van der Waals surface area contributed by atoms with Gasteiger partial charge in [-0.2, -0.15) is 30.4 Å². The fourth-order valence-corrected chi connectivity index (χ4v) is 2.01. The van der Waals surface area contributed by atoms with E-state index in [9.17, 15) is 35.2 Å². The fraction of sp³-hybridized carbons (Fsp3) is 0.300. The molecule has 1 aromatic rings. The molecule has 0 fully saturated rings.